The number of nitrogens with two attached hydrogens (primary N) is 1. The van der Waals surface area contributed by atoms with E-state index in [9.17, 15) is 15.4 Å². The normalized spacial score (nSPS) is 15.5. The summed E-state index contributed by atoms with van der Waals surface area (Å²) in [5.41, 5.74) is 8.28. The minimum absolute atomic E-state index is 0.0583. The molecule has 4 rings (SSSR count). The van der Waals surface area contributed by atoms with E-state index in [0.29, 0.717) is 27.4 Å². The third kappa shape index (κ3) is 2.74. The maximum atomic E-state index is 11.2. The van der Waals surface area contributed by atoms with Crippen LogP contribution in [0.5, 0.6) is 5.88 Å². The molecular weight excluding hydrogens is 382 g/mol. The Labute approximate surface area is 164 Å². The summed E-state index contributed by atoms with van der Waals surface area (Å²) < 4.78 is 5.52. The number of nitro groups is 1. The number of nitrogens with one attached hydrogen (secondary N) is 1. The van der Waals surface area contributed by atoms with Gasteiger partial charge >= 0.3 is 0 Å². The molecule has 1 aliphatic rings. The van der Waals surface area contributed by atoms with Gasteiger partial charge in [0.05, 0.1) is 22.1 Å². The molecule has 1 aromatic heterocycles. The molecule has 0 spiro atoms. The van der Waals surface area contributed by atoms with Gasteiger partial charge in [0.15, 0.2) is 0 Å². The molecule has 0 saturated heterocycles. The van der Waals surface area contributed by atoms with Crippen molar-refractivity contribution in [3.8, 4) is 23.2 Å². The summed E-state index contributed by atoms with van der Waals surface area (Å²) in [6, 6.07) is 15.3. The maximum absolute atomic E-state index is 11.2. The van der Waals surface area contributed by atoms with Gasteiger partial charge in [-0.2, -0.15) is 5.26 Å². The molecule has 3 aromatic rings. The Kier molecular flexibility index (Phi) is 4.22. The minimum Gasteiger partial charge on any atom is -0.420 e. The van der Waals surface area contributed by atoms with Crippen LogP contribution < -0.4 is 10.5 Å². The fourth-order valence-electron chi connectivity index (χ4n) is 3.26. The van der Waals surface area contributed by atoms with Crippen LogP contribution >= 0.6 is 11.6 Å². The highest BCUT2D eigenvalue weighted by Gasteiger charge is 2.36. The smallest absolute Gasteiger partial charge is 0.270 e. The van der Waals surface area contributed by atoms with E-state index in [4.69, 9.17) is 22.1 Å². The predicted molar refractivity (Wildman–Crippen MR) is 101 cm³/mol. The standard InChI is InChI=1S/C19H12ClN5O3/c20-14-7-2-1-6-12(14)15-13(9-21)18(22)28-19-16(15)17(23-24-19)10-4-3-5-11(8-10)25(26)27/h1-8,15H,22H2,(H,23,24)/t15-/m0/s1. The molecule has 2 aromatic carbocycles. The van der Waals surface area contributed by atoms with Gasteiger partial charge in [-0.1, -0.05) is 41.9 Å². The molecule has 3 N–H and O–H groups in total. The molecule has 138 valence electrons. The van der Waals surface area contributed by atoms with E-state index in [2.05, 4.69) is 16.3 Å². The molecule has 0 fully saturated rings. The van der Waals surface area contributed by atoms with E-state index < -0.39 is 10.8 Å². The number of nitrogens with zero attached hydrogens (tertiary/aromatic N) is 3. The van der Waals surface area contributed by atoms with Gasteiger partial charge < -0.3 is 10.5 Å². The summed E-state index contributed by atoms with van der Waals surface area (Å²) in [5.74, 6) is -0.490. The molecule has 0 aliphatic carbocycles. The third-order valence-corrected chi connectivity index (χ3v) is 4.84. The van der Waals surface area contributed by atoms with E-state index in [0.717, 1.165) is 0 Å². The van der Waals surface area contributed by atoms with Gasteiger partial charge in [-0.3, -0.25) is 15.2 Å². The number of aromatic amines is 1. The van der Waals surface area contributed by atoms with Gasteiger partial charge in [0, 0.05) is 22.7 Å². The lowest BCUT2D eigenvalue weighted by atomic mass is 9.83. The van der Waals surface area contributed by atoms with Crippen molar-refractivity contribution in [3.63, 3.8) is 0 Å². The Bertz CT molecular complexity index is 1180. The monoisotopic (exact) mass is 393 g/mol. The highest BCUT2D eigenvalue weighted by molar-refractivity contribution is 6.31. The zero-order valence-electron chi connectivity index (χ0n) is 14.2. The van der Waals surface area contributed by atoms with Crippen LogP contribution in [0, 0.1) is 21.4 Å². The topological polar surface area (TPSA) is 131 Å². The predicted octanol–water partition coefficient (Wildman–Crippen LogP) is 3.86. The summed E-state index contributed by atoms with van der Waals surface area (Å²) in [6.45, 7) is 0. The Morgan fingerprint density at radius 1 is 1.29 bits per heavy atom. The highest BCUT2D eigenvalue weighted by Crippen LogP contribution is 2.47. The van der Waals surface area contributed by atoms with Gasteiger partial charge in [0.1, 0.15) is 11.6 Å². The van der Waals surface area contributed by atoms with Crippen molar-refractivity contribution in [2.75, 3.05) is 0 Å². The quantitative estimate of drug-likeness (QED) is 0.513. The Hall–Kier alpha value is -3.83. The second kappa shape index (κ2) is 6.72. The van der Waals surface area contributed by atoms with Crippen LogP contribution in [-0.4, -0.2) is 15.1 Å². The molecule has 0 amide bonds. The first-order valence-corrected chi connectivity index (χ1v) is 8.54. The first kappa shape index (κ1) is 17.6. The summed E-state index contributed by atoms with van der Waals surface area (Å²) in [6.07, 6.45) is 0. The fraction of sp³-hybridized carbons (Fsp3) is 0.0526. The molecule has 8 nitrogen and oxygen atoms in total. The summed E-state index contributed by atoms with van der Waals surface area (Å²) in [5, 5.41) is 28.3. The average Bonchev–Trinajstić information content (AvgIpc) is 3.11. The van der Waals surface area contributed by atoms with Crippen molar-refractivity contribution in [2.24, 2.45) is 5.73 Å². The fourth-order valence-corrected chi connectivity index (χ4v) is 3.51. The van der Waals surface area contributed by atoms with Crippen LogP contribution in [0.4, 0.5) is 5.69 Å². The van der Waals surface area contributed by atoms with Gasteiger partial charge in [-0.25, -0.2) is 0 Å². The Morgan fingerprint density at radius 3 is 2.79 bits per heavy atom. The van der Waals surface area contributed by atoms with E-state index in [1.807, 2.05) is 0 Å². The molecule has 1 atom stereocenters. The second-order valence-electron chi connectivity index (χ2n) is 6.07. The molecular formula is C19H12ClN5O3. The molecule has 1 aliphatic heterocycles. The van der Waals surface area contributed by atoms with Crippen molar-refractivity contribution in [1.82, 2.24) is 10.2 Å². The Balaban J connectivity index is 1.97. The zero-order valence-corrected chi connectivity index (χ0v) is 15.0. The van der Waals surface area contributed by atoms with Crippen molar-refractivity contribution in [1.29, 1.82) is 5.26 Å². The number of aromatic nitrogens is 2. The van der Waals surface area contributed by atoms with Gasteiger partial charge in [0.2, 0.25) is 11.8 Å². The zero-order chi connectivity index (χ0) is 19.8. The number of non-ortho nitro benzene ring substituents is 1. The number of nitriles is 1. The van der Waals surface area contributed by atoms with Crippen LogP contribution in [0.2, 0.25) is 5.02 Å². The molecule has 0 unspecified atom stereocenters. The Morgan fingerprint density at radius 2 is 2.07 bits per heavy atom. The first-order valence-electron chi connectivity index (χ1n) is 8.16. The number of H-pyrrole nitrogens is 1. The number of fused-ring (bicyclic) bond motifs is 1. The van der Waals surface area contributed by atoms with Gasteiger partial charge in [0.25, 0.3) is 5.69 Å². The van der Waals surface area contributed by atoms with E-state index in [1.54, 1.807) is 36.4 Å². The minimum atomic E-state index is -0.629. The first-order chi connectivity index (χ1) is 13.5. The van der Waals surface area contributed by atoms with E-state index >= 15 is 0 Å². The second-order valence-corrected chi connectivity index (χ2v) is 6.48. The third-order valence-electron chi connectivity index (χ3n) is 4.50. The summed E-state index contributed by atoms with van der Waals surface area (Å²) in [4.78, 5) is 10.7. The van der Waals surface area contributed by atoms with Crippen LogP contribution in [0.1, 0.15) is 17.0 Å². The number of hydrogen-bond donors (Lipinski definition) is 2. The molecule has 28 heavy (non-hydrogen) atoms. The van der Waals surface area contributed by atoms with Crippen LogP contribution in [0.25, 0.3) is 11.3 Å². The number of nitro benzene ring substituents is 1. The molecule has 0 saturated carbocycles. The average molecular weight is 394 g/mol. The lowest BCUT2D eigenvalue weighted by molar-refractivity contribution is -0.384. The molecule has 9 heteroatoms. The van der Waals surface area contributed by atoms with Crippen LogP contribution in [0.3, 0.4) is 0 Å². The van der Waals surface area contributed by atoms with Crippen molar-refractivity contribution < 1.29 is 9.66 Å². The van der Waals surface area contributed by atoms with E-state index in [1.165, 1.54) is 12.1 Å². The number of ether oxygens (including phenoxy) is 1. The van der Waals surface area contributed by atoms with Gasteiger partial charge in [-0.05, 0) is 11.6 Å². The number of hydrogen-bond acceptors (Lipinski definition) is 6. The number of halogens is 1. The lowest BCUT2D eigenvalue weighted by Crippen LogP contribution is -2.21. The lowest BCUT2D eigenvalue weighted by Gasteiger charge is -2.24. The van der Waals surface area contributed by atoms with Crippen molar-refractivity contribution in [2.45, 2.75) is 5.92 Å². The van der Waals surface area contributed by atoms with Crippen molar-refractivity contribution in [3.05, 3.63) is 86.3 Å². The summed E-state index contributed by atoms with van der Waals surface area (Å²) in [7, 11) is 0. The number of benzene rings is 2. The van der Waals surface area contributed by atoms with Gasteiger partial charge in [-0.15, -0.1) is 5.10 Å². The number of allylic oxidation sites excluding steroid dienone is 1. The maximum Gasteiger partial charge on any atom is 0.270 e. The van der Waals surface area contributed by atoms with Crippen LogP contribution in [0.15, 0.2) is 60.0 Å². The summed E-state index contributed by atoms with van der Waals surface area (Å²) >= 11 is 6.39. The molecule has 2 heterocycles. The SMILES string of the molecule is N#CC1=C(N)Oc2n[nH]c(-c3cccc([N+](=O)[O-])c3)c2[C@H]1c1ccccc1Cl. The number of rotatable bonds is 3. The van der Waals surface area contributed by atoms with Crippen molar-refractivity contribution >= 4 is 17.3 Å². The van der Waals surface area contributed by atoms with E-state index in [-0.39, 0.29) is 23.0 Å². The molecule has 0 bridgehead atoms. The van der Waals surface area contributed by atoms with Crippen LogP contribution in [-0.2, 0) is 0 Å². The largest absolute Gasteiger partial charge is 0.420 e. The molecule has 0 radical (unpaired) electrons. The highest BCUT2D eigenvalue weighted by atomic mass is 35.5.